The summed E-state index contributed by atoms with van der Waals surface area (Å²) in [4.78, 5) is 0. The van der Waals surface area contributed by atoms with Crippen LogP contribution >= 0.6 is 0 Å². The highest BCUT2D eigenvalue weighted by Crippen LogP contribution is 2.40. The molecular weight excluding hydrogens is 236 g/mol. The van der Waals surface area contributed by atoms with Gasteiger partial charge in [0.15, 0.2) is 0 Å². The molecule has 2 N–H and O–H groups in total. The third-order valence-corrected chi connectivity index (χ3v) is 4.22. The van der Waals surface area contributed by atoms with Gasteiger partial charge < -0.3 is 10.2 Å². The van der Waals surface area contributed by atoms with Crippen LogP contribution in [-0.4, -0.2) is 22.4 Å². The lowest BCUT2D eigenvalue weighted by atomic mass is 9.71. The number of hydrogen-bond acceptors (Lipinski definition) is 2. The Hall–Kier alpha value is -0.0800. The van der Waals surface area contributed by atoms with E-state index in [0.29, 0.717) is 5.41 Å². The quantitative estimate of drug-likeness (QED) is 0.542. The predicted octanol–water partition coefficient (Wildman–Crippen LogP) is 4.68. The molecule has 0 aromatic carbocycles. The van der Waals surface area contributed by atoms with E-state index < -0.39 is 0 Å². The lowest BCUT2D eigenvalue weighted by Gasteiger charge is -2.34. The van der Waals surface area contributed by atoms with E-state index in [2.05, 4.69) is 13.8 Å². The van der Waals surface area contributed by atoms with Crippen molar-refractivity contribution in [3.05, 3.63) is 0 Å². The molecule has 0 aromatic rings. The van der Waals surface area contributed by atoms with Crippen molar-refractivity contribution in [2.45, 2.75) is 104 Å². The molecule has 0 spiro atoms. The fraction of sp³-hybridized carbons (Fsp3) is 1.00. The molecule has 0 aliphatic heterocycles. The smallest absolute Gasteiger partial charge is 0.0512 e. The van der Waals surface area contributed by atoms with E-state index >= 15 is 0 Å². The van der Waals surface area contributed by atoms with Gasteiger partial charge in [-0.3, -0.25) is 0 Å². The van der Waals surface area contributed by atoms with Gasteiger partial charge in [-0.2, -0.15) is 0 Å². The van der Waals surface area contributed by atoms with Crippen molar-refractivity contribution in [1.29, 1.82) is 0 Å². The maximum atomic E-state index is 9.42. The summed E-state index contributed by atoms with van der Waals surface area (Å²) in [5.41, 5.74) is 0.452. The lowest BCUT2D eigenvalue weighted by Crippen LogP contribution is -2.22. The Morgan fingerprint density at radius 1 is 0.737 bits per heavy atom. The monoisotopic (exact) mass is 272 g/mol. The molecule has 0 amide bonds. The first kappa shape index (κ1) is 18.9. The molecule has 2 atom stereocenters. The second kappa shape index (κ2) is 10.7. The van der Waals surface area contributed by atoms with Crippen molar-refractivity contribution >= 4 is 0 Å². The Kier molecular flexibility index (Phi) is 10.6. The number of aliphatic hydroxyl groups is 2. The van der Waals surface area contributed by atoms with Crippen LogP contribution in [0.3, 0.4) is 0 Å². The van der Waals surface area contributed by atoms with Gasteiger partial charge in [-0.05, 0) is 57.8 Å². The third-order valence-electron chi connectivity index (χ3n) is 4.22. The van der Waals surface area contributed by atoms with Gasteiger partial charge in [-0.1, -0.05) is 39.5 Å². The first-order valence-corrected chi connectivity index (χ1v) is 8.32. The summed E-state index contributed by atoms with van der Waals surface area (Å²) in [5, 5.41) is 18.8. The first-order chi connectivity index (χ1) is 8.95. The highest BCUT2D eigenvalue weighted by molar-refractivity contribution is 4.79. The summed E-state index contributed by atoms with van der Waals surface area (Å²) in [5.74, 6) is 0. The molecule has 0 saturated carbocycles. The zero-order chi connectivity index (χ0) is 14.7. The summed E-state index contributed by atoms with van der Waals surface area (Å²) in [6.45, 7) is 8.31. The summed E-state index contributed by atoms with van der Waals surface area (Å²) in [6.07, 6.45) is 11.3. The summed E-state index contributed by atoms with van der Waals surface area (Å²) in [6, 6.07) is 0. The second-order valence-electron chi connectivity index (χ2n) is 6.48. The zero-order valence-corrected chi connectivity index (χ0v) is 13.6. The molecule has 0 saturated heterocycles. The van der Waals surface area contributed by atoms with Gasteiger partial charge in [-0.15, -0.1) is 0 Å². The SMILES string of the molecule is CCCC(CCC)(CCCC(C)O)CCCC(C)O. The van der Waals surface area contributed by atoms with Crippen LogP contribution in [0.15, 0.2) is 0 Å². The minimum atomic E-state index is -0.168. The highest BCUT2D eigenvalue weighted by atomic mass is 16.3. The van der Waals surface area contributed by atoms with Gasteiger partial charge in [0.25, 0.3) is 0 Å². The normalized spacial score (nSPS) is 15.5. The molecule has 0 radical (unpaired) electrons. The van der Waals surface area contributed by atoms with E-state index in [1.54, 1.807) is 0 Å². The van der Waals surface area contributed by atoms with E-state index in [9.17, 15) is 10.2 Å². The Morgan fingerprint density at radius 2 is 1.11 bits per heavy atom. The summed E-state index contributed by atoms with van der Waals surface area (Å²) < 4.78 is 0. The molecule has 116 valence electrons. The van der Waals surface area contributed by atoms with E-state index in [1.807, 2.05) is 13.8 Å². The van der Waals surface area contributed by atoms with Crippen LogP contribution in [0.2, 0.25) is 0 Å². The highest BCUT2D eigenvalue weighted by Gasteiger charge is 2.27. The van der Waals surface area contributed by atoms with Crippen molar-refractivity contribution in [3.63, 3.8) is 0 Å². The van der Waals surface area contributed by atoms with Gasteiger partial charge in [0.1, 0.15) is 0 Å². The minimum Gasteiger partial charge on any atom is -0.393 e. The molecule has 2 heteroatoms. The third kappa shape index (κ3) is 9.45. The summed E-state index contributed by atoms with van der Waals surface area (Å²) >= 11 is 0. The Balaban J connectivity index is 4.38. The predicted molar refractivity (Wildman–Crippen MR) is 83.3 cm³/mol. The van der Waals surface area contributed by atoms with Crippen LogP contribution in [0.25, 0.3) is 0 Å². The fourth-order valence-electron chi connectivity index (χ4n) is 3.36. The minimum absolute atomic E-state index is 0.168. The summed E-state index contributed by atoms with van der Waals surface area (Å²) in [7, 11) is 0. The maximum Gasteiger partial charge on any atom is 0.0512 e. The van der Waals surface area contributed by atoms with E-state index in [0.717, 1.165) is 25.7 Å². The molecule has 2 unspecified atom stereocenters. The van der Waals surface area contributed by atoms with Gasteiger partial charge in [-0.25, -0.2) is 0 Å². The molecule has 19 heavy (non-hydrogen) atoms. The van der Waals surface area contributed by atoms with Crippen molar-refractivity contribution < 1.29 is 10.2 Å². The number of aliphatic hydroxyl groups excluding tert-OH is 2. The topological polar surface area (TPSA) is 40.5 Å². The van der Waals surface area contributed by atoms with E-state index in [4.69, 9.17) is 0 Å². The second-order valence-corrected chi connectivity index (χ2v) is 6.48. The molecule has 2 nitrogen and oxygen atoms in total. The number of rotatable bonds is 12. The van der Waals surface area contributed by atoms with Crippen LogP contribution in [0, 0.1) is 5.41 Å². The lowest BCUT2D eigenvalue weighted by molar-refractivity contribution is 0.135. The molecule has 0 fully saturated rings. The largest absolute Gasteiger partial charge is 0.393 e. The van der Waals surface area contributed by atoms with Crippen LogP contribution in [0.4, 0.5) is 0 Å². The van der Waals surface area contributed by atoms with Crippen LogP contribution in [0.5, 0.6) is 0 Å². The van der Waals surface area contributed by atoms with E-state index in [1.165, 1.54) is 38.5 Å². The molecule has 0 rings (SSSR count). The maximum absolute atomic E-state index is 9.42. The molecule has 0 heterocycles. The Morgan fingerprint density at radius 3 is 1.37 bits per heavy atom. The average molecular weight is 272 g/mol. The van der Waals surface area contributed by atoms with Crippen molar-refractivity contribution in [1.82, 2.24) is 0 Å². The molecule has 0 aromatic heterocycles. The standard InChI is InChI=1S/C17H36O2/c1-5-11-17(12-6-2,13-7-9-15(3)18)14-8-10-16(4)19/h15-16,18-19H,5-14H2,1-4H3. The van der Waals surface area contributed by atoms with Gasteiger partial charge in [0, 0.05) is 0 Å². The number of hydrogen-bond donors (Lipinski definition) is 2. The van der Waals surface area contributed by atoms with Gasteiger partial charge in [0.05, 0.1) is 12.2 Å². The Labute approximate surface area is 120 Å². The van der Waals surface area contributed by atoms with Crippen LogP contribution < -0.4 is 0 Å². The van der Waals surface area contributed by atoms with Crippen molar-refractivity contribution in [2.75, 3.05) is 0 Å². The first-order valence-electron chi connectivity index (χ1n) is 8.32. The zero-order valence-electron chi connectivity index (χ0n) is 13.6. The fourth-order valence-corrected chi connectivity index (χ4v) is 3.36. The van der Waals surface area contributed by atoms with Gasteiger partial charge >= 0.3 is 0 Å². The molecule has 0 aliphatic rings. The van der Waals surface area contributed by atoms with Gasteiger partial charge in [0.2, 0.25) is 0 Å². The Bertz CT molecular complexity index is 177. The molecular formula is C17H36O2. The van der Waals surface area contributed by atoms with Crippen LogP contribution in [-0.2, 0) is 0 Å². The van der Waals surface area contributed by atoms with E-state index in [-0.39, 0.29) is 12.2 Å². The molecule has 0 aliphatic carbocycles. The van der Waals surface area contributed by atoms with Crippen molar-refractivity contribution in [3.8, 4) is 0 Å². The average Bonchev–Trinajstić information content (AvgIpc) is 2.28. The van der Waals surface area contributed by atoms with Crippen molar-refractivity contribution in [2.24, 2.45) is 5.41 Å². The van der Waals surface area contributed by atoms with Crippen LogP contribution in [0.1, 0.15) is 91.9 Å². The molecule has 0 bridgehead atoms.